The summed E-state index contributed by atoms with van der Waals surface area (Å²) in [6, 6.07) is 70.0. The first-order chi connectivity index (χ1) is 31.0. The number of amidine groups is 2. The molecule has 0 aliphatic heterocycles. The molecular formula is C57H40N4O2. The van der Waals surface area contributed by atoms with Crippen LogP contribution < -0.4 is 5.73 Å². The van der Waals surface area contributed by atoms with Crippen molar-refractivity contribution in [3.8, 4) is 27.9 Å². The number of furan rings is 2. The Hall–Kier alpha value is -8.48. The van der Waals surface area contributed by atoms with Crippen LogP contribution in [0.1, 0.15) is 16.7 Å². The molecule has 0 fully saturated rings. The zero-order chi connectivity index (χ0) is 42.4. The molecule has 0 saturated heterocycles. The first-order valence-corrected chi connectivity index (χ1v) is 21.0. The Bertz CT molecular complexity index is 3670. The van der Waals surface area contributed by atoms with E-state index in [2.05, 4.69) is 133 Å². The summed E-state index contributed by atoms with van der Waals surface area (Å²) in [4.78, 5) is 4.71. The molecule has 0 aliphatic carbocycles. The van der Waals surface area contributed by atoms with Crippen LogP contribution in [0.5, 0.6) is 0 Å². The Morgan fingerprint density at radius 1 is 0.476 bits per heavy atom. The van der Waals surface area contributed by atoms with E-state index in [-0.39, 0.29) is 11.7 Å². The average Bonchev–Trinajstić information content (AvgIpc) is 4.01. The highest BCUT2D eigenvalue weighted by atomic mass is 16.3. The third-order valence-corrected chi connectivity index (χ3v) is 11.8. The van der Waals surface area contributed by atoms with Crippen molar-refractivity contribution in [2.75, 3.05) is 0 Å². The van der Waals surface area contributed by atoms with E-state index < -0.39 is 0 Å². The molecule has 0 unspecified atom stereocenters. The van der Waals surface area contributed by atoms with Crippen LogP contribution >= 0.6 is 0 Å². The minimum Gasteiger partial charge on any atom is -0.456 e. The molecule has 0 spiro atoms. The van der Waals surface area contributed by atoms with Gasteiger partial charge in [0.2, 0.25) is 0 Å². The van der Waals surface area contributed by atoms with Crippen molar-refractivity contribution < 1.29 is 8.83 Å². The van der Waals surface area contributed by atoms with Crippen LogP contribution in [0.4, 0.5) is 0 Å². The van der Waals surface area contributed by atoms with Crippen molar-refractivity contribution in [1.29, 1.82) is 5.41 Å². The number of benzene rings is 9. The van der Waals surface area contributed by atoms with E-state index in [9.17, 15) is 0 Å². The maximum atomic E-state index is 9.15. The third kappa shape index (κ3) is 6.71. The lowest BCUT2D eigenvalue weighted by molar-refractivity contribution is 0.669. The van der Waals surface area contributed by atoms with Crippen LogP contribution in [-0.4, -0.2) is 16.2 Å². The molecule has 3 heterocycles. The Labute approximate surface area is 363 Å². The van der Waals surface area contributed by atoms with E-state index in [0.717, 1.165) is 77.3 Å². The summed E-state index contributed by atoms with van der Waals surface area (Å²) in [7, 11) is 0. The highest BCUT2D eigenvalue weighted by Gasteiger charge is 2.19. The maximum Gasteiger partial charge on any atom is 0.154 e. The Morgan fingerprint density at radius 2 is 1.10 bits per heavy atom. The van der Waals surface area contributed by atoms with Gasteiger partial charge in [-0.05, 0) is 89.8 Å². The van der Waals surface area contributed by atoms with E-state index in [4.69, 9.17) is 25.0 Å². The predicted octanol–water partition coefficient (Wildman–Crippen LogP) is 14.6. The number of aryl methyl sites for hydroxylation is 1. The fraction of sp³-hybridized carbons (Fsp3) is 0.0175. The topological polar surface area (TPSA) is 93.4 Å². The predicted molar refractivity (Wildman–Crippen MR) is 261 cm³/mol. The smallest absolute Gasteiger partial charge is 0.154 e. The Morgan fingerprint density at radius 3 is 1.83 bits per heavy atom. The highest BCUT2D eigenvalue weighted by molar-refractivity contribution is 6.21. The molecule has 6 heteroatoms. The number of hydrogen-bond acceptors (Lipinski definition) is 3. The van der Waals surface area contributed by atoms with Gasteiger partial charge in [0.05, 0.1) is 11.0 Å². The van der Waals surface area contributed by atoms with E-state index in [1.165, 1.54) is 16.3 Å². The molecule has 300 valence electrons. The molecule has 63 heavy (non-hydrogen) atoms. The van der Waals surface area contributed by atoms with Crippen LogP contribution in [0.15, 0.2) is 220 Å². The summed E-state index contributed by atoms with van der Waals surface area (Å²) in [5, 5.41) is 15.4. The molecule has 3 aromatic heterocycles. The van der Waals surface area contributed by atoms with E-state index >= 15 is 0 Å². The quantitative estimate of drug-likeness (QED) is 0.134. The molecule has 12 rings (SSSR count). The number of nitrogens with two attached hydrogens (primary N) is 1. The summed E-state index contributed by atoms with van der Waals surface area (Å²) >= 11 is 0. The van der Waals surface area contributed by atoms with Crippen molar-refractivity contribution in [2.45, 2.75) is 6.92 Å². The normalized spacial score (nSPS) is 11.8. The summed E-state index contributed by atoms with van der Waals surface area (Å²) in [5.74, 6) is 0.313. The van der Waals surface area contributed by atoms with Crippen molar-refractivity contribution >= 4 is 77.4 Å². The summed E-state index contributed by atoms with van der Waals surface area (Å²) in [6.45, 7) is 2.08. The summed E-state index contributed by atoms with van der Waals surface area (Å²) < 4.78 is 15.1. The number of hydrogen-bond donors (Lipinski definition) is 2. The van der Waals surface area contributed by atoms with E-state index in [1.807, 2.05) is 84.9 Å². The van der Waals surface area contributed by atoms with Gasteiger partial charge in [-0.3, -0.25) is 5.41 Å². The largest absolute Gasteiger partial charge is 0.456 e. The molecule has 6 nitrogen and oxygen atoms in total. The minimum atomic E-state index is 0.0718. The SMILES string of the molecule is Cc1ccccc1.N=C(N=C(N)c1cccc2oc3ccc(-c4cc(-c5ccccc5)cc5oc6ccccc6c45)cc3c12)c1cccc(-n2c3ccccc3c3ccccc32)c1. The lowest BCUT2D eigenvalue weighted by Gasteiger charge is -2.10. The number of nitrogens with zero attached hydrogens (tertiary/aromatic N) is 2. The van der Waals surface area contributed by atoms with Gasteiger partial charge in [0.1, 0.15) is 28.2 Å². The lowest BCUT2D eigenvalue weighted by Crippen LogP contribution is -2.16. The van der Waals surface area contributed by atoms with Gasteiger partial charge in [-0.2, -0.15) is 0 Å². The standard InChI is InChI=1S/C50H32N4O2.C7H8/c51-49(32-14-10-15-34(26-32)54-41-20-7-4-16-35(41)36-17-5-8-21-42(36)54)53-50(52)38-19-11-23-45-48(38)40-27-31(24-25-44(40)55-45)39-28-33(30-12-2-1-3-13-30)29-46-47(39)37-18-6-9-22-43(37)56-46;1-7-5-3-2-4-6-7/h1-29H,(H3,51,52,53);2-6H,1H3. The number of para-hydroxylation sites is 3. The number of fused-ring (bicyclic) bond motifs is 9. The molecule has 0 saturated carbocycles. The molecule has 0 aliphatic rings. The average molecular weight is 813 g/mol. The monoisotopic (exact) mass is 812 g/mol. The molecular weight excluding hydrogens is 773 g/mol. The van der Waals surface area contributed by atoms with Crippen LogP contribution in [0.25, 0.3) is 93.6 Å². The molecule has 0 bridgehead atoms. The molecule has 0 amide bonds. The van der Waals surface area contributed by atoms with Crippen molar-refractivity contribution in [3.63, 3.8) is 0 Å². The number of nitrogens with one attached hydrogen (secondary N) is 1. The molecule has 12 aromatic rings. The highest BCUT2D eigenvalue weighted by Crippen LogP contribution is 2.42. The van der Waals surface area contributed by atoms with Gasteiger partial charge in [-0.25, -0.2) is 4.99 Å². The third-order valence-electron chi connectivity index (χ3n) is 11.8. The Balaban J connectivity index is 0.000000581. The lowest BCUT2D eigenvalue weighted by atomic mass is 9.93. The van der Waals surface area contributed by atoms with Gasteiger partial charge in [0, 0.05) is 49.1 Å². The van der Waals surface area contributed by atoms with Crippen LogP contribution in [-0.2, 0) is 0 Å². The summed E-state index contributed by atoms with van der Waals surface area (Å²) in [6.07, 6.45) is 0. The van der Waals surface area contributed by atoms with Crippen molar-refractivity contribution in [1.82, 2.24) is 4.57 Å². The van der Waals surface area contributed by atoms with Crippen LogP contribution in [0, 0.1) is 12.3 Å². The molecule has 0 radical (unpaired) electrons. The van der Waals surface area contributed by atoms with Gasteiger partial charge in [-0.15, -0.1) is 0 Å². The number of aliphatic imine (C=N–C) groups is 1. The fourth-order valence-electron chi connectivity index (χ4n) is 8.86. The van der Waals surface area contributed by atoms with Crippen molar-refractivity contribution in [2.24, 2.45) is 10.7 Å². The summed E-state index contributed by atoms with van der Waals surface area (Å²) in [5.41, 5.74) is 20.1. The second kappa shape index (κ2) is 15.5. The Kier molecular flexibility index (Phi) is 9.24. The van der Waals surface area contributed by atoms with Crippen molar-refractivity contribution in [3.05, 3.63) is 223 Å². The van der Waals surface area contributed by atoms with Crippen LogP contribution in [0.3, 0.4) is 0 Å². The van der Waals surface area contributed by atoms with Gasteiger partial charge in [0.25, 0.3) is 0 Å². The second-order valence-corrected chi connectivity index (χ2v) is 15.8. The van der Waals surface area contributed by atoms with Gasteiger partial charge >= 0.3 is 0 Å². The molecule has 3 N–H and O–H groups in total. The maximum absolute atomic E-state index is 9.15. The zero-order valence-electron chi connectivity index (χ0n) is 34.4. The zero-order valence-corrected chi connectivity index (χ0v) is 34.4. The first-order valence-electron chi connectivity index (χ1n) is 21.0. The van der Waals surface area contributed by atoms with E-state index in [0.29, 0.717) is 16.7 Å². The van der Waals surface area contributed by atoms with Gasteiger partial charge in [0.15, 0.2) is 5.84 Å². The first kappa shape index (κ1) is 37.5. The van der Waals surface area contributed by atoms with Crippen LogP contribution in [0.2, 0.25) is 0 Å². The second-order valence-electron chi connectivity index (χ2n) is 15.8. The molecule has 9 aromatic carbocycles. The van der Waals surface area contributed by atoms with E-state index in [1.54, 1.807) is 0 Å². The fourth-order valence-corrected chi connectivity index (χ4v) is 8.86. The van der Waals surface area contributed by atoms with Gasteiger partial charge in [-0.1, -0.05) is 151 Å². The van der Waals surface area contributed by atoms with Gasteiger partial charge < -0.3 is 19.1 Å². The molecule has 0 atom stereocenters. The number of rotatable bonds is 5. The number of aromatic nitrogens is 1. The minimum absolute atomic E-state index is 0.0718.